The molecule has 2 aromatic heterocycles. The van der Waals surface area contributed by atoms with Gasteiger partial charge in [-0.3, -0.25) is 4.98 Å². The van der Waals surface area contributed by atoms with E-state index in [0.717, 1.165) is 12.0 Å². The first-order valence-electron chi connectivity index (χ1n) is 6.32. The number of hydrogen-bond donors (Lipinski definition) is 2. The Kier molecular flexibility index (Phi) is 3.42. The third-order valence-electron chi connectivity index (χ3n) is 3.03. The van der Waals surface area contributed by atoms with Gasteiger partial charge < -0.3 is 10.4 Å². The summed E-state index contributed by atoms with van der Waals surface area (Å²) >= 11 is 0. The van der Waals surface area contributed by atoms with Crippen LogP contribution in [0.4, 0.5) is 5.82 Å². The highest BCUT2D eigenvalue weighted by atomic mass is 16.4. The first-order chi connectivity index (χ1) is 10.2. The molecule has 0 radical (unpaired) electrons. The highest BCUT2D eigenvalue weighted by molar-refractivity contribution is 5.87. The minimum atomic E-state index is -0.920. The zero-order valence-corrected chi connectivity index (χ0v) is 11.0. The summed E-state index contributed by atoms with van der Waals surface area (Å²) in [5.74, 6) is -0.212. The Morgan fingerprint density at radius 1 is 1.24 bits per heavy atom. The van der Waals surface area contributed by atoms with Crippen molar-refractivity contribution in [2.45, 2.75) is 6.42 Å². The first-order valence-corrected chi connectivity index (χ1v) is 6.32. The van der Waals surface area contributed by atoms with Crippen LogP contribution in [0.15, 0.2) is 36.7 Å². The molecule has 3 rings (SSSR count). The number of carboxylic acid groups (broad SMARTS) is 1. The Morgan fingerprint density at radius 3 is 2.81 bits per heavy atom. The minimum Gasteiger partial charge on any atom is -0.478 e. The van der Waals surface area contributed by atoms with E-state index in [-0.39, 0.29) is 5.56 Å². The van der Waals surface area contributed by atoms with E-state index in [4.69, 9.17) is 5.11 Å². The fraction of sp³-hybridized carbons (Fsp3) is 0.154. The molecule has 1 aromatic carbocycles. The topological polar surface area (TPSA) is 105 Å². The smallest absolute Gasteiger partial charge is 0.335 e. The summed E-state index contributed by atoms with van der Waals surface area (Å²) in [4.78, 5) is 14.8. The Bertz CT molecular complexity index is 768. The summed E-state index contributed by atoms with van der Waals surface area (Å²) < 4.78 is 1.57. The second kappa shape index (κ2) is 5.53. The fourth-order valence-electron chi connectivity index (χ4n) is 1.94. The Morgan fingerprint density at radius 2 is 2.05 bits per heavy atom. The lowest BCUT2D eigenvalue weighted by molar-refractivity contribution is 0.0697. The summed E-state index contributed by atoms with van der Waals surface area (Å²) in [5, 5.41) is 23.3. The molecule has 106 valence electrons. The number of nitrogens with zero attached hydrogens (tertiary/aromatic N) is 5. The molecule has 8 nitrogen and oxygen atoms in total. The third kappa shape index (κ3) is 2.78. The largest absolute Gasteiger partial charge is 0.478 e. The van der Waals surface area contributed by atoms with Gasteiger partial charge in [-0.2, -0.15) is 4.52 Å². The van der Waals surface area contributed by atoms with Crippen LogP contribution in [0, 0.1) is 0 Å². The van der Waals surface area contributed by atoms with E-state index < -0.39 is 5.97 Å². The molecular formula is C13H12N6O2. The van der Waals surface area contributed by atoms with Crippen molar-refractivity contribution in [1.82, 2.24) is 25.0 Å². The number of aromatic carboxylic acids is 1. The van der Waals surface area contributed by atoms with Gasteiger partial charge in [-0.1, -0.05) is 12.1 Å². The molecule has 0 aliphatic heterocycles. The maximum atomic E-state index is 10.8. The monoisotopic (exact) mass is 284 g/mol. The molecule has 2 N–H and O–H groups in total. The van der Waals surface area contributed by atoms with Crippen molar-refractivity contribution in [3.8, 4) is 0 Å². The van der Waals surface area contributed by atoms with Gasteiger partial charge in [0.2, 0.25) is 0 Å². The number of aromatic nitrogens is 5. The lowest BCUT2D eigenvalue weighted by Crippen LogP contribution is -2.09. The Labute approximate surface area is 119 Å². The molecule has 0 fully saturated rings. The molecule has 0 bridgehead atoms. The van der Waals surface area contributed by atoms with Gasteiger partial charge in [-0.15, -0.1) is 5.10 Å². The van der Waals surface area contributed by atoms with Gasteiger partial charge >= 0.3 is 5.97 Å². The number of nitrogens with one attached hydrogen (secondary N) is 1. The third-order valence-corrected chi connectivity index (χ3v) is 3.03. The molecule has 0 aliphatic rings. The van der Waals surface area contributed by atoms with Crippen LogP contribution >= 0.6 is 0 Å². The van der Waals surface area contributed by atoms with Crippen molar-refractivity contribution in [1.29, 1.82) is 0 Å². The molecule has 0 saturated carbocycles. The van der Waals surface area contributed by atoms with Gasteiger partial charge in [0.25, 0.3) is 0 Å². The number of hydrogen-bond acceptors (Lipinski definition) is 6. The van der Waals surface area contributed by atoms with Crippen LogP contribution in [-0.2, 0) is 6.42 Å². The zero-order valence-electron chi connectivity index (χ0n) is 11.0. The molecule has 0 spiro atoms. The number of carboxylic acids is 1. The molecule has 0 unspecified atom stereocenters. The van der Waals surface area contributed by atoms with Gasteiger partial charge in [-0.25, -0.2) is 4.79 Å². The van der Waals surface area contributed by atoms with Crippen LogP contribution in [0.1, 0.15) is 15.9 Å². The number of benzene rings is 1. The highest BCUT2D eigenvalue weighted by Crippen LogP contribution is 2.08. The molecule has 0 aliphatic carbocycles. The molecular weight excluding hydrogens is 272 g/mol. The summed E-state index contributed by atoms with van der Waals surface area (Å²) in [5.41, 5.74) is 1.91. The summed E-state index contributed by atoms with van der Waals surface area (Å²) in [6.07, 6.45) is 3.98. The molecule has 0 saturated heterocycles. The lowest BCUT2D eigenvalue weighted by Gasteiger charge is -2.07. The van der Waals surface area contributed by atoms with E-state index in [0.29, 0.717) is 18.0 Å². The van der Waals surface area contributed by atoms with E-state index in [1.54, 1.807) is 41.2 Å². The van der Waals surface area contributed by atoms with Crippen LogP contribution in [0.5, 0.6) is 0 Å². The molecule has 21 heavy (non-hydrogen) atoms. The van der Waals surface area contributed by atoms with E-state index >= 15 is 0 Å². The van der Waals surface area contributed by atoms with Crippen molar-refractivity contribution < 1.29 is 9.90 Å². The van der Waals surface area contributed by atoms with E-state index in [2.05, 4.69) is 25.8 Å². The maximum Gasteiger partial charge on any atom is 0.335 e. The number of carbonyl (C=O) groups is 1. The number of fused-ring (bicyclic) bond motifs is 1. The maximum absolute atomic E-state index is 10.8. The number of tetrazole rings is 1. The van der Waals surface area contributed by atoms with Crippen LogP contribution in [0.3, 0.4) is 0 Å². The molecule has 0 atom stereocenters. The first kappa shape index (κ1) is 13.0. The lowest BCUT2D eigenvalue weighted by atomic mass is 10.1. The predicted molar refractivity (Wildman–Crippen MR) is 74.2 cm³/mol. The van der Waals surface area contributed by atoms with Crippen molar-refractivity contribution in [2.75, 3.05) is 11.9 Å². The van der Waals surface area contributed by atoms with Crippen molar-refractivity contribution in [3.05, 3.63) is 47.8 Å². The molecule has 2 heterocycles. The van der Waals surface area contributed by atoms with Gasteiger partial charge in [0.05, 0.1) is 18.0 Å². The second-order valence-electron chi connectivity index (χ2n) is 4.42. The van der Waals surface area contributed by atoms with Gasteiger partial charge in [0.15, 0.2) is 5.65 Å². The van der Waals surface area contributed by atoms with Crippen LogP contribution in [-0.4, -0.2) is 42.6 Å². The SMILES string of the molecule is O=C(O)c1ccc(CCNc2cncc3nnnn23)cc1. The van der Waals surface area contributed by atoms with Gasteiger partial charge in [0, 0.05) is 6.54 Å². The minimum absolute atomic E-state index is 0.286. The summed E-state index contributed by atoms with van der Waals surface area (Å²) in [6, 6.07) is 6.81. The quantitative estimate of drug-likeness (QED) is 0.716. The summed E-state index contributed by atoms with van der Waals surface area (Å²) in [6.45, 7) is 0.660. The van der Waals surface area contributed by atoms with Gasteiger partial charge in [-0.05, 0) is 34.5 Å². The zero-order chi connectivity index (χ0) is 14.7. The van der Waals surface area contributed by atoms with Crippen LogP contribution in [0.25, 0.3) is 5.65 Å². The average Bonchev–Trinajstić information content (AvgIpc) is 2.97. The predicted octanol–water partition coefficient (Wildman–Crippen LogP) is 0.872. The fourth-order valence-corrected chi connectivity index (χ4v) is 1.94. The second-order valence-corrected chi connectivity index (χ2v) is 4.42. The summed E-state index contributed by atoms with van der Waals surface area (Å²) in [7, 11) is 0. The van der Waals surface area contributed by atoms with Crippen LogP contribution in [0.2, 0.25) is 0 Å². The number of anilines is 1. The van der Waals surface area contributed by atoms with Crippen molar-refractivity contribution >= 4 is 17.4 Å². The van der Waals surface area contributed by atoms with Crippen LogP contribution < -0.4 is 5.32 Å². The Balaban J connectivity index is 1.63. The molecule has 8 heteroatoms. The average molecular weight is 284 g/mol. The van der Waals surface area contributed by atoms with E-state index in [1.807, 2.05) is 0 Å². The highest BCUT2D eigenvalue weighted by Gasteiger charge is 2.04. The standard InChI is InChI=1S/C13H12N6O2/c20-13(21)10-3-1-9(2-4-10)5-6-15-11-7-14-8-12-16-17-18-19(11)12/h1-4,7-8,15H,5-6H2,(H,20,21). The molecule has 3 aromatic rings. The number of rotatable bonds is 5. The normalized spacial score (nSPS) is 10.7. The Hall–Kier alpha value is -3.03. The van der Waals surface area contributed by atoms with Crippen molar-refractivity contribution in [2.24, 2.45) is 0 Å². The van der Waals surface area contributed by atoms with E-state index in [9.17, 15) is 4.79 Å². The van der Waals surface area contributed by atoms with Gasteiger partial charge in [0.1, 0.15) is 5.82 Å². The molecule has 0 amide bonds. The van der Waals surface area contributed by atoms with Crippen molar-refractivity contribution in [3.63, 3.8) is 0 Å². The van der Waals surface area contributed by atoms with E-state index in [1.165, 1.54) is 0 Å².